The first-order valence-corrected chi connectivity index (χ1v) is 8.34. The van der Waals surface area contributed by atoms with Crippen molar-refractivity contribution in [1.29, 1.82) is 0 Å². The molecule has 0 heterocycles. The quantitative estimate of drug-likeness (QED) is 0.548. The molecule has 0 aliphatic carbocycles. The van der Waals surface area contributed by atoms with Gasteiger partial charge in [-0.2, -0.15) is 0 Å². The summed E-state index contributed by atoms with van der Waals surface area (Å²) in [6.45, 7) is 1.23. The van der Waals surface area contributed by atoms with E-state index in [1.165, 1.54) is 17.0 Å². The molecule has 0 aromatic heterocycles. The van der Waals surface area contributed by atoms with Crippen molar-refractivity contribution >= 4 is 21.2 Å². The van der Waals surface area contributed by atoms with Gasteiger partial charge in [-0.1, -0.05) is 6.92 Å². The Morgan fingerprint density at radius 3 is 2.27 bits per heavy atom. The van der Waals surface area contributed by atoms with Crippen molar-refractivity contribution in [2.45, 2.75) is 11.8 Å². The topological polar surface area (TPSA) is 121 Å². The average molecular weight is 332 g/mol. The van der Waals surface area contributed by atoms with Gasteiger partial charge >= 0.3 is 0 Å². The van der Waals surface area contributed by atoms with Crippen LogP contribution in [0.1, 0.15) is 6.92 Å². The maximum absolute atomic E-state index is 11.5. The molecule has 0 saturated carbocycles. The van der Waals surface area contributed by atoms with Gasteiger partial charge in [0.15, 0.2) is 9.84 Å². The van der Waals surface area contributed by atoms with E-state index in [1.807, 2.05) is 0 Å². The van der Waals surface area contributed by atoms with Crippen molar-refractivity contribution in [3.8, 4) is 0 Å². The Hall–Kier alpha value is -1.71. The predicted octanol–water partition coefficient (Wildman–Crippen LogP) is 0.425. The van der Waals surface area contributed by atoms with Crippen molar-refractivity contribution in [2.24, 2.45) is 5.41 Å². The SMILES string of the molecule is CN(CC(C)(CO)CO)c1ccc(S(C)(=O)=O)cc1[N+](=O)[O-]. The van der Waals surface area contributed by atoms with Crippen LogP contribution in [0.2, 0.25) is 0 Å². The molecule has 0 fully saturated rings. The van der Waals surface area contributed by atoms with Gasteiger partial charge in [0.1, 0.15) is 5.69 Å². The minimum absolute atomic E-state index is 0.136. The Bertz CT molecular complexity index is 654. The third kappa shape index (κ3) is 4.15. The van der Waals surface area contributed by atoms with Crippen LogP contribution in [-0.2, 0) is 9.84 Å². The lowest BCUT2D eigenvalue weighted by atomic mass is 9.92. The fraction of sp³-hybridized carbons (Fsp3) is 0.538. The molecule has 0 radical (unpaired) electrons. The second-order valence-corrected chi connectivity index (χ2v) is 7.68. The third-order valence-corrected chi connectivity index (χ3v) is 4.48. The van der Waals surface area contributed by atoms with E-state index < -0.39 is 20.2 Å². The largest absolute Gasteiger partial charge is 0.396 e. The van der Waals surface area contributed by atoms with Gasteiger partial charge in [-0.15, -0.1) is 0 Å². The summed E-state index contributed by atoms with van der Waals surface area (Å²) in [5.41, 5.74) is -0.966. The number of hydrogen-bond donors (Lipinski definition) is 2. The molecule has 1 rings (SSSR count). The highest BCUT2D eigenvalue weighted by atomic mass is 32.2. The van der Waals surface area contributed by atoms with E-state index in [0.717, 1.165) is 12.3 Å². The number of anilines is 1. The number of aliphatic hydroxyl groups excluding tert-OH is 2. The van der Waals surface area contributed by atoms with Crippen LogP contribution < -0.4 is 4.90 Å². The van der Waals surface area contributed by atoms with Gasteiger partial charge < -0.3 is 15.1 Å². The average Bonchev–Trinajstić information content (AvgIpc) is 2.45. The Morgan fingerprint density at radius 1 is 1.32 bits per heavy atom. The molecule has 0 bridgehead atoms. The molecular formula is C13H20N2O6S. The number of sulfone groups is 1. The summed E-state index contributed by atoms with van der Waals surface area (Å²) in [6.07, 6.45) is 0.976. The van der Waals surface area contributed by atoms with Crippen molar-refractivity contribution in [2.75, 3.05) is 38.0 Å². The summed E-state index contributed by atoms with van der Waals surface area (Å²) >= 11 is 0. The van der Waals surface area contributed by atoms with Gasteiger partial charge in [0, 0.05) is 31.3 Å². The van der Waals surface area contributed by atoms with Crippen LogP contribution in [0, 0.1) is 15.5 Å². The van der Waals surface area contributed by atoms with Gasteiger partial charge in [-0.25, -0.2) is 8.42 Å². The second kappa shape index (κ2) is 6.59. The van der Waals surface area contributed by atoms with Crippen LogP contribution in [0.4, 0.5) is 11.4 Å². The summed E-state index contributed by atoms with van der Waals surface area (Å²) in [4.78, 5) is 11.9. The molecular weight excluding hydrogens is 312 g/mol. The first kappa shape index (κ1) is 18.3. The summed E-state index contributed by atoms with van der Waals surface area (Å²) in [6, 6.07) is 3.66. The van der Waals surface area contributed by atoms with Gasteiger partial charge in [0.05, 0.1) is 23.0 Å². The second-order valence-electron chi connectivity index (χ2n) is 5.66. The summed E-state index contributed by atoms with van der Waals surface area (Å²) in [5, 5.41) is 29.8. The molecule has 0 amide bonds. The van der Waals surface area contributed by atoms with Crippen LogP contribution in [-0.4, -0.2) is 56.6 Å². The maximum atomic E-state index is 11.5. The summed E-state index contributed by atoms with van der Waals surface area (Å²) in [7, 11) is -1.97. The molecule has 1 aromatic carbocycles. The van der Waals surface area contributed by atoms with Gasteiger partial charge in [0.2, 0.25) is 0 Å². The van der Waals surface area contributed by atoms with Gasteiger partial charge in [0.25, 0.3) is 5.69 Å². The van der Waals surface area contributed by atoms with Crippen LogP contribution in [0.15, 0.2) is 23.1 Å². The van der Waals surface area contributed by atoms with E-state index in [1.54, 1.807) is 14.0 Å². The molecule has 0 aliphatic heterocycles. The van der Waals surface area contributed by atoms with E-state index in [2.05, 4.69) is 0 Å². The van der Waals surface area contributed by atoms with Crippen LogP contribution in [0.5, 0.6) is 0 Å². The maximum Gasteiger partial charge on any atom is 0.293 e. The fourth-order valence-electron chi connectivity index (χ4n) is 2.01. The molecule has 0 aliphatic rings. The molecule has 1 aromatic rings. The van der Waals surface area contributed by atoms with E-state index in [-0.39, 0.29) is 36.0 Å². The first-order valence-electron chi connectivity index (χ1n) is 6.45. The van der Waals surface area contributed by atoms with E-state index >= 15 is 0 Å². The molecule has 0 unspecified atom stereocenters. The van der Waals surface area contributed by atoms with Crippen LogP contribution in [0.25, 0.3) is 0 Å². The van der Waals surface area contributed by atoms with Crippen LogP contribution >= 0.6 is 0 Å². The highest BCUT2D eigenvalue weighted by Gasteiger charge is 2.28. The van der Waals surface area contributed by atoms with Crippen LogP contribution in [0.3, 0.4) is 0 Å². The molecule has 0 spiro atoms. The number of nitrogens with zero attached hydrogens (tertiary/aromatic N) is 2. The molecule has 2 N–H and O–H groups in total. The summed E-state index contributed by atoms with van der Waals surface area (Å²) in [5.74, 6) is 0. The monoisotopic (exact) mass is 332 g/mol. The Kier molecular flexibility index (Phi) is 5.49. The molecule has 22 heavy (non-hydrogen) atoms. The number of benzene rings is 1. The number of nitro benzene ring substituents is 1. The van der Waals surface area contributed by atoms with E-state index in [4.69, 9.17) is 0 Å². The van der Waals surface area contributed by atoms with Gasteiger partial charge in [-0.3, -0.25) is 10.1 Å². The molecule has 0 saturated heterocycles. The predicted molar refractivity (Wildman–Crippen MR) is 81.8 cm³/mol. The lowest BCUT2D eigenvalue weighted by Gasteiger charge is -2.31. The smallest absolute Gasteiger partial charge is 0.293 e. The van der Waals surface area contributed by atoms with Crippen molar-refractivity contribution in [3.05, 3.63) is 28.3 Å². The van der Waals surface area contributed by atoms with E-state index in [9.17, 15) is 28.7 Å². The molecule has 8 nitrogen and oxygen atoms in total. The Balaban J connectivity index is 3.27. The Morgan fingerprint density at radius 2 is 1.86 bits per heavy atom. The Labute approximate surface area is 129 Å². The summed E-state index contributed by atoms with van der Waals surface area (Å²) < 4.78 is 23.0. The third-order valence-electron chi connectivity index (χ3n) is 3.37. The lowest BCUT2D eigenvalue weighted by Crippen LogP contribution is -2.39. The zero-order valence-corrected chi connectivity index (χ0v) is 13.5. The standard InChI is InChI=1S/C13H20N2O6S/c1-13(8-16,9-17)7-14(2)11-5-4-10(22(3,20)21)6-12(11)15(18)19/h4-6,16-17H,7-9H2,1-3H3. The van der Waals surface area contributed by atoms with E-state index in [0.29, 0.717) is 0 Å². The highest BCUT2D eigenvalue weighted by molar-refractivity contribution is 7.90. The first-order chi connectivity index (χ1) is 10.0. The fourth-order valence-corrected chi connectivity index (χ4v) is 2.65. The minimum atomic E-state index is -3.55. The highest BCUT2D eigenvalue weighted by Crippen LogP contribution is 2.31. The molecule has 124 valence electrons. The number of hydrogen-bond acceptors (Lipinski definition) is 7. The number of nitro groups is 1. The normalized spacial score (nSPS) is 12.2. The zero-order valence-electron chi connectivity index (χ0n) is 12.7. The van der Waals surface area contributed by atoms with Crippen molar-refractivity contribution in [3.63, 3.8) is 0 Å². The molecule has 9 heteroatoms. The number of rotatable bonds is 7. The molecule has 0 atom stereocenters. The zero-order chi connectivity index (χ0) is 17.1. The lowest BCUT2D eigenvalue weighted by molar-refractivity contribution is -0.384. The van der Waals surface area contributed by atoms with Crippen molar-refractivity contribution in [1.82, 2.24) is 0 Å². The number of aliphatic hydroxyl groups is 2. The van der Waals surface area contributed by atoms with Gasteiger partial charge in [-0.05, 0) is 12.1 Å². The minimum Gasteiger partial charge on any atom is -0.396 e. The van der Waals surface area contributed by atoms with Crippen molar-refractivity contribution < 1.29 is 23.6 Å².